The zero-order chi connectivity index (χ0) is 12.0. The Hall–Kier alpha value is -1.16. The van der Waals surface area contributed by atoms with E-state index >= 15 is 0 Å². The molecule has 0 spiro atoms. The van der Waals surface area contributed by atoms with Crippen molar-refractivity contribution < 1.29 is 14.3 Å². The molecule has 0 fully saturated rings. The van der Waals surface area contributed by atoms with Gasteiger partial charge in [0.15, 0.2) is 0 Å². The minimum absolute atomic E-state index is 0.335. The second kappa shape index (κ2) is 6.43. The quantitative estimate of drug-likeness (QED) is 0.585. The molecule has 0 saturated carbocycles. The maximum absolute atomic E-state index is 11.6. The summed E-state index contributed by atoms with van der Waals surface area (Å²) in [5.74, 6) is 0.256. The second-order valence-electron chi connectivity index (χ2n) is 3.02. The lowest BCUT2D eigenvalue weighted by Gasteiger charge is -2.10. The molecule has 0 atom stereocenters. The van der Waals surface area contributed by atoms with E-state index in [1.807, 2.05) is 25.3 Å². The summed E-state index contributed by atoms with van der Waals surface area (Å²) in [7, 11) is 0. The highest BCUT2D eigenvalue weighted by atomic mass is 32.2. The van der Waals surface area contributed by atoms with Gasteiger partial charge in [-0.1, -0.05) is 0 Å². The molecule has 88 valence electrons. The Bertz CT molecular complexity index is 363. The molecule has 0 amide bonds. The summed E-state index contributed by atoms with van der Waals surface area (Å²) in [6.45, 7) is 4.58. The summed E-state index contributed by atoms with van der Waals surface area (Å²) in [5, 5.41) is 0. The minimum Gasteiger partial charge on any atom is -0.493 e. The molecule has 0 unspecified atom stereocenters. The van der Waals surface area contributed by atoms with Gasteiger partial charge < -0.3 is 9.47 Å². The largest absolute Gasteiger partial charge is 0.493 e. The Morgan fingerprint density at radius 2 is 2.06 bits per heavy atom. The molecule has 1 rings (SSSR count). The van der Waals surface area contributed by atoms with Crippen LogP contribution >= 0.6 is 11.8 Å². The van der Waals surface area contributed by atoms with Crippen LogP contribution in [0, 0.1) is 0 Å². The van der Waals surface area contributed by atoms with E-state index in [0.29, 0.717) is 24.5 Å². The van der Waals surface area contributed by atoms with Crippen LogP contribution in [0.3, 0.4) is 0 Å². The maximum atomic E-state index is 11.6. The number of thioether (sulfide) groups is 1. The highest BCUT2D eigenvalue weighted by Crippen LogP contribution is 2.26. The zero-order valence-corrected chi connectivity index (χ0v) is 10.6. The van der Waals surface area contributed by atoms with Crippen LogP contribution in [-0.4, -0.2) is 25.4 Å². The van der Waals surface area contributed by atoms with E-state index in [4.69, 9.17) is 9.47 Å². The number of ether oxygens (including phenoxy) is 2. The van der Waals surface area contributed by atoms with Crippen molar-refractivity contribution >= 4 is 17.7 Å². The maximum Gasteiger partial charge on any atom is 0.341 e. The molecule has 1 aromatic carbocycles. The van der Waals surface area contributed by atoms with Gasteiger partial charge in [0.2, 0.25) is 0 Å². The van der Waals surface area contributed by atoms with Crippen molar-refractivity contribution in [2.75, 3.05) is 19.5 Å². The topological polar surface area (TPSA) is 35.5 Å². The van der Waals surface area contributed by atoms with Gasteiger partial charge in [-0.15, -0.1) is 11.8 Å². The Morgan fingerprint density at radius 3 is 2.62 bits per heavy atom. The molecule has 0 heterocycles. The molecule has 3 nitrogen and oxygen atoms in total. The standard InChI is InChI=1S/C12H16O3S/c1-4-14-11-8-9(16-3)6-7-10(11)12(13)15-5-2/h6-8H,4-5H2,1-3H3. The Morgan fingerprint density at radius 1 is 1.31 bits per heavy atom. The molecule has 0 aliphatic rings. The van der Waals surface area contributed by atoms with Gasteiger partial charge in [0.25, 0.3) is 0 Å². The first kappa shape index (κ1) is 12.9. The van der Waals surface area contributed by atoms with Crippen LogP contribution < -0.4 is 4.74 Å². The average Bonchev–Trinajstić information content (AvgIpc) is 2.29. The highest BCUT2D eigenvalue weighted by molar-refractivity contribution is 7.98. The predicted octanol–water partition coefficient (Wildman–Crippen LogP) is 2.98. The van der Waals surface area contributed by atoms with Crippen LogP contribution in [0.15, 0.2) is 23.1 Å². The van der Waals surface area contributed by atoms with Crippen molar-refractivity contribution in [2.45, 2.75) is 18.7 Å². The Kier molecular flexibility index (Phi) is 5.19. The van der Waals surface area contributed by atoms with Gasteiger partial charge in [0.1, 0.15) is 11.3 Å². The summed E-state index contributed by atoms with van der Waals surface area (Å²) >= 11 is 1.61. The van der Waals surface area contributed by atoms with E-state index in [2.05, 4.69) is 0 Å². The van der Waals surface area contributed by atoms with Crippen molar-refractivity contribution in [1.82, 2.24) is 0 Å². The lowest BCUT2D eigenvalue weighted by molar-refractivity contribution is 0.0522. The molecule has 0 N–H and O–H groups in total. The number of carbonyl (C=O) groups is 1. The average molecular weight is 240 g/mol. The van der Waals surface area contributed by atoms with Crippen molar-refractivity contribution in [3.63, 3.8) is 0 Å². The molecule has 0 saturated heterocycles. The van der Waals surface area contributed by atoms with E-state index in [0.717, 1.165) is 4.90 Å². The first-order chi connectivity index (χ1) is 7.72. The molecule has 0 radical (unpaired) electrons. The summed E-state index contributed by atoms with van der Waals surface area (Å²) in [5.41, 5.74) is 0.488. The zero-order valence-electron chi connectivity index (χ0n) is 9.78. The first-order valence-electron chi connectivity index (χ1n) is 5.20. The lowest BCUT2D eigenvalue weighted by atomic mass is 10.2. The molecular formula is C12H16O3S. The van der Waals surface area contributed by atoms with Crippen LogP contribution in [0.4, 0.5) is 0 Å². The van der Waals surface area contributed by atoms with E-state index < -0.39 is 0 Å². The van der Waals surface area contributed by atoms with Crippen LogP contribution in [0.25, 0.3) is 0 Å². The number of hydrogen-bond acceptors (Lipinski definition) is 4. The SMILES string of the molecule is CCOC(=O)c1ccc(SC)cc1OCC. The third-order valence-corrected chi connectivity index (χ3v) is 2.71. The van der Waals surface area contributed by atoms with Gasteiger partial charge in [0, 0.05) is 4.90 Å². The Balaban J connectivity index is 3.01. The van der Waals surface area contributed by atoms with Gasteiger partial charge in [0.05, 0.1) is 13.2 Å². The van der Waals surface area contributed by atoms with E-state index in [9.17, 15) is 4.79 Å². The number of carbonyl (C=O) groups excluding carboxylic acids is 1. The van der Waals surface area contributed by atoms with Crippen molar-refractivity contribution in [2.24, 2.45) is 0 Å². The normalized spacial score (nSPS) is 9.94. The lowest BCUT2D eigenvalue weighted by Crippen LogP contribution is -2.07. The molecule has 4 heteroatoms. The number of rotatable bonds is 5. The van der Waals surface area contributed by atoms with Crippen LogP contribution in [-0.2, 0) is 4.74 Å². The van der Waals surface area contributed by atoms with Gasteiger partial charge in [-0.3, -0.25) is 0 Å². The second-order valence-corrected chi connectivity index (χ2v) is 3.90. The summed E-state index contributed by atoms with van der Waals surface area (Å²) in [6, 6.07) is 5.49. The van der Waals surface area contributed by atoms with E-state index in [1.165, 1.54) is 0 Å². The molecule has 0 aromatic heterocycles. The van der Waals surface area contributed by atoms with E-state index in [-0.39, 0.29) is 5.97 Å². The monoisotopic (exact) mass is 240 g/mol. The van der Waals surface area contributed by atoms with Crippen LogP contribution in [0.5, 0.6) is 5.75 Å². The minimum atomic E-state index is -0.335. The summed E-state index contributed by atoms with van der Waals surface area (Å²) < 4.78 is 10.4. The van der Waals surface area contributed by atoms with Gasteiger partial charge in [-0.05, 0) is 38.3 Å². The molecule has 0 bridgehead atoms. The van der Waals surface area contributed by atoms with Crippen LogP contribution in [0.2, 0.25) is 0 Å². The van der Waals surface area contributed by atoms with Gasteiger partial charge in [-0.25, -0.2) is 4.79 Å². The van der Waals surface area contributed by atoms with E-state index in [1.54, 1.807) is 24.8 Å². The van der Waals surface area contributed by atoms with Gasteiger partial charge >= 0.3 is 5.97 Å². The molecule has 16 heavy (non-hydrogen) atoms. The van der Waals surface area contributed by atoms with Crippen molar-refractivity contribution in [3.8, 4) is 5.75 Å². The summed E-state index contributed by atoms with van der Waals surface area (Å²) in [4.78, 5) is 12.7. The third kappa shape index (κ3) is 3.17. The Labute approximate surface area is 100 Å². The molecular weight excluding hydrogens is 224 g/mol. The first-order valence-corrected chi connectivity index (χ1v) is 6.43. The number of esters is 1. The van der Waals surface area contributed by atoms with Crippen molar-refractivity contribution in [1.29, 1.82) is 0 Å². The fourth-order valence-corrected chi connectivity index (χ4v) is 1.71. The molecule has 0 aliphatic heterocycles. The van der Waals surface area contributed by atoms with Crippen molar-refractivity contribution in [3.05, 3.63) is 23.8 Å². The van der Waals surface area contributed by atoms with Gasteiger partial charge in [-0.2, -0.15) is 0 Å². The molecule has 0 aliphatic carbocycles. The number of hydrogen-bond donors (Lipinski definition) is 0. The highest BCUT2D eigenvalue weighted by Gasteiger charge is 2.13. The third-order valence-electron chi connectivity index (χ3n) is 1.98. The molecule has 1 aromatic rings. The fraction of sp³-hybridized carbons (Fsp3) is 0.417. The predicted molar refractivity (Wildman–Crippen MR) is 65.3 cm³/mol. The number of benzene rings is 1. The fourth-order valence-electron chi connectivity index (χ4n) is 1.28. The smallest absolute Gasteiger partial charge is 0.341 e. The summed E-state index contributed by atoms with van der Waals surface area (Å²) in [6.07, 6.45) is 1.98. The van der Waals surface area contributed by atoms with Crippen LogP contribution in [0.1, 0.15) is 24.2 Å².